The average molecular weight is 308 g/mol. The van der Waals surface area contributed by atoms with Crippen LogP contribution in [0.5, 0.6) is 0 Å². The van der Waals surface area contributed by atoms with Gasteiger partial charge in [0.25, 0.3) is 0 Å². The summed E-state index contributed by atoms with van der Waals surface area (Å²) < 4.78 is 5.69. The van der Waals surface area contributed by atoms with E-state index in [2.05, 4.69) is 16.8 Å². The van der Waals surface area contributed by atoms with E-state index in [9.17, 15) is 5.11 Å². The molecule has 1 N–H and O–H groups in total. The van der Waals surface area contributed by atoms with Crippen molar-refractivity contribution in [3.8, 4) is 11.8 Å². The third kappa shape index (κ3) is 3.70. The first-order valence-corrected chi connectivity index (χ1v) is 7.65. The molecule has 118 valence electrons. The summed E-state index contributed by atoms with van der Waals surface area (Å²) in [6, 6.07) is 13.7. The van der Waals surface area contributed by atoms with Crippen molar-refractivity contribution in [2.24, 2.45) is 0 Å². The minimum absolute atomic E-state index is 0.423. The Morgan fingerprint density at radius 1 is 1.13 bits per heavy atom. The fraction of sp³-hybridized carbons (Fsp3) is 0.316. The van der Waals surface area contributed by atoms with E-state index in [0.29, 0.717) is 13.3 Å². The molecule has 1 unspecified atom stereocenters. The quantitative estimate of drug-likeness (QED) is 0.822. The normalized spacial score (nSPS) is 19.8. The Morgan fingerprint density at radius 3 is 2.52 bits per heavy atom. The van der Waals surface area contributed by atoms with Crippen LogP contribution < -0.4 is 4.90 Å². The Hall–Kier alpha value is -2.35. The lowest BCUT2D eigenvalue weighted by Crippen LogP contribution is -2.54. The summed E-state index contributed by atoms with van der Waals surface area (Å²) in [5.41, 5.74) is 1.32. The van der Waals surface area contributed by atoms with Crippen molar-refractivity contribution in [2.45, 2.75) is 25.6 Å². The smallest absolute Gasteiger partial charge is 0.130 e. The van der Waals surface area contributed by atoms with Gasteiger partial charge >= 0.3 is 0 Å². The first kappa shape index (κ1) is 15.5. The van der Waals surface area contributed by atoms with Crippen LogP contribution in [0.1, 0.15) is 25.0 Å². The number of aromatic nitrogens is 1. The van der Waals surface area contributed by atoms with Crippen molar-refractivity contribution in [2.75, 3.05) is 18.2 Å². The second-order valence-electron chi connectivity index (χ2n) is 6.14. The molecule has 23 heavy (non-hydrogen) atoms. The molecule has 4 nitrogen and oxygen atoms in total. The van der Waals surface area contributed by atoms with Crippen molar-refractivity contribution in [3.63, 3.8) is 0 Å². The van der Waals surface area contributed by atoms with E-state index in [1.807, 2.05) is 61.2 Å². The molecule has 1 saturated heterocycles. The molecule has 1 aromatic carbocycles. The van der Waals surface area contributed by atoms with Crippen molar-refractivity contribution < 1.29 is 9.84 Å². The summed E-state index contributed by atoms with van der Waals surface area (Å²) in [5.74, 6) is 6.99. The summed E-state index contributed by atoms with van der Waals surface area (Å²) in [4.78, 5) is 6.35. The van der Waals surface area contributed by atoms with Gasteiger partial charge in [-0.1, -0.05) is 30.0 Å². The van der Waals surface area contributed by atoms with Crippen molar-refractivity contribution in [1.29, 1.82) is 0 Å². The van der Waals surface area contributed by atoms with Gasteiger partial charge in [-0.2, -0.15) is 0 Å². The van der Waals surface area contributed by atoms with E-state index in [-0.39, 0.29) is 0 Å². The molecule has 0 bridgehead atoms. The van der Waals surface area contributed by atoms with E-state index in [1.54, 1.807) is 6.20 Å². The van der Waals surface area contributed by atoms with Gasteiger partial charge in [0.2, 0.25) is 0 Å². The lowest BCUT2D eigenvalue weighted by molar-refractivity contribution is -0.121. The first-order valence-electron chi connectivity index (χ1n) is 7.65. The number of anilines is 1. The predicted octanol–water partition coefficient (Wildman–Crippen LogP) is 2.42. The molecule has 2 aromatic rings. The van der Waals surface area contributed by atoms with E-state index in [0.717, 1.165) is 16.9 Å². The second kappa shape index (κ2) is 6.41. The minimum atomic E-state index is -0.546. The van der Waals surface area contributed by atoms with Gasteiger partial charge in [0, 0.05) is 17.3 Å². The highest BCUT2D eigenvalue weighted by molar-refractivity contribution is 5.46. The summed E-state index contributed by atoms with van der Waals surface area (Å²) >= 11 is 0. The number of β-amino-alcohol motifs (C(OH)–C–C–N with tert-alkyl or cyclic N) is 1. The van der Waals surface area contributed by atoms with Crippen LogP contribution in [-0.2, 0) is 4.74 Å². The number of rotatable bonds is 1. The standard InChI is InChI=1S/C19H20N2O2/c1-19(2)17(22)13-21(14-23-19)18-11-10-16(12-20-18)9-8-15-6-4-3-5-7-15/h3-7,10-12,17,22H,13-14H2,1-2H3. The lowest BCUT2D eigenvalue weighted by atomic mass is 10.00. The molecule has 0 spiro atoms. The van der Waals surface area contributed by atoms with Crippen LogP contribution in [-0.4, -0.2) is 35.1 Å². The first-order chi connectivity index (χ1) is 11.0. The maximum atomic E-state index is 10.1. The van der Waals surface area contributed by atoms with E-state index in [4.69, 9.17) is 4.74 Å². The van der Waals surface area contributed by atoms with Crippen LogP contribution in [0.3, 0.4) is 0 Å². The number of aliphatic hydroxyl groups is 1. The molecule has 1 aliphatic heterocycles. The summed E-state index contributed by atoms with van der Waals surface area (Å²) in [5, 5.41) is 10.1. The molecule has 3 rings (SSSR count). The zero-order valence-corrected chi connectivity index (χ0v) is 13.4. The predicted molar refractivity (Wildman–Crippen MR) is 90.0 cm³/mol. The van der Waals surface area contributed by atoms with Gasteiger partial charge in [0.15, 0.2) is 0 Å². The average Bonchev–Trinajstić information content (AvgIpc) is 2.57. The monoisotopic (exact) mass is 308 g/mol. The maximum Gasteiger partial charge on any atom is 0.130 e. The molecule has 2 heterocycles. The Balaban J connectivity index is 1.70. The van der Waals surface area contributed by atoms with Gasteiger partial charge in [-0.05, 0) is 38.1 Å². The third-order valence-electron chi connectivity index (χ3n) is 3.99. The highest BCUT2D eigenvalue weighted by Gasteiger charge is 2.35. The van der Waals surface area contributed by atoms with Gasteiger partial charge in [-0.15, -0.1) is 0 Å². The van der Waals surface area contributed by atoms with Gasteiger partial charge in [-0.3, -0.25) is 0 Å². The van der Waals surface area contributed by atoms with Crippen molar-refractivity contribution in [3.05, 3.63) is 59.8 Å². The Morgan fingerprint density at radius 2 is 1.87 bits per heavy atom. The molecule has 1 atom stereocenters. The van der Waals surface area contributed by atoms with Gasteiger partial charge in [0.1, 0.15) is 18.7 Å². The van der Waals surface area contributed by atoms with Crippen molar-refractivity contribution in [1.82, 2.24) is 4.98 Å². The summed E-state index contributed by atoms with van der Waals surface area (Å²) in [6.07, 6.45) is 1.20. The van der Waals surface area contributed by atoms with Gasteiger partial charge < -0.3 is 14.7 Å². The van der Waals surface area contributed by atoms with Crippen LogP contribution in [0.2, 0.25) is 0 Å². The van der Waals surface area contributed by atoms with E-state index in [1.165, 1.54) is 0 Å². The summed E-state index contributed by atoms with van der Waals surface area (Å²) in [7, 11) is 0. The topological polar surface area (TPSA) is 45.6 Å². The molecule has 0 aliphatic carbocycles. The van der Waals surface area contributed by atoms with Crippen molar-refractivity contribution >= 4 is 5.82 Å². The van der Waals surface area contributed by atoms with E-state index >= 15 is 0 Å². The molecular weight excluding hydrogens is 288 g/mol. The fourth-order valence-corrected chi connectivity index (χ4v) is 2.29. The molecule has 0 radical (unpaired) electrons. The molecule has 1 fully saturated rings. The van der Waals surface area contributed by atoms with Gasteiger partial charge in [0.05, 0.1) is 12.1 Å². The lowest BCUT2D eigenvalue weighted by Gasteiger charge is -2.41. The van der Waals surface area contributed by atoms with Crippen LogP contribution in [0.4, 0.5) is 5.82 Å². The number of pyridine rings is 1. The number of nitrogens with zero attached hydrogens (tertiary/aromatic N) is 2. The maximum absolute atomic E-state index is 10.1. The SMILES string of the molecule is CC1(C)OCN(c2ccc(C#Cc3ccccc3)cn2)CC1O. The molecule has 1 aliphatic rings. The number of hydrogen-bond acceptors (Lipinski definition) is 4. The zero-order chi connectivity index (χ0) is 16.3. The molecular formula is C19H20N2O2. The molecule has 1 aromatic heterocycles. The Kier molecular flexibility index (Phi) is 4.33. The van der Waals surface area contributed by atoms with Crippen LogP contribution in [0.15, 0.2) is 48.7 Å². The molecule has 0 amide bonds. The highest BCUT2D eigenvalue weighted by atomic mass is 16.5. The molecule has 4 heteroatoms. The fourth-order valence-electron chi connectivity index (χ4n) is 2.29. The van der Waals surface area contributed by atoms with E-state index < -0.39 is 11.7 Å². The number of aliphatic hydroxyl groups excluding tert-OH is 1. The van der Waals surface area contributed by atoms with Crippen LogP contribution in [0.25, 0.3) is 0 Å². The Bertz CT molecular complexity index is 715. The number of hydrogen-bond donors (Lipinski definition) is 1. The highest BCUT2D eigenvalue weighted by Crippen LogP contribution is 2.24. The minimum Gasteiger partial charge on any atom is -0.388 e. The number of ether oxygens (including phenoxy) is 1. The summed E-state index contributed by atoms with van der Waals surface area (Å²) in [6.45, 7) is 4.72. The number of benzene rings is 1. The third-order valence-corrected chi connectivity index (χ3v) is 3.99. The van der Waals surface area contributed by atoms with Crippen LogP contribution in [0, 0.1) is 11.8 Å². The largest absolute Gasteiger partial charge is 0.388 e. The second-order valence-corrected chi connectivity index (χ2v) is 6.14. The Labute approximate surface area is 136 Å². The van der Waals surface area contributed by atoms with Gasteiger partial charge in [-0.25, -0.2) is 4.98 Å². The molecule has 0 saturated carbocycles. The van der Waals surface area contributed by atoms with Crippen LogP contribution >= 0.6 is 0 Å². The zero-order valence-electron chi connectivity index (χ0n) is 13.4.